The Morgan fingerprint density at radius 2 is 0.861 bits per heavy atom. The summed E-state index contributed by atoms with van der Waals surface area (Å²) in [6, 6.07) is -4.42. The van der Waals surface area contributed by atoms with Crippen LogP contribution in [0.25, 0.3) is 0 Å². The summed E-state index contributed by atoms with van der Waals surface area (Å²) in [5, 5.41) is 155. The van der Waals surface area contributed by atoms with E-state index in [2.05, 4.69) is 10.6 Å². The molecule has 30 atom stereocenters. The zero-order valence-corrected chi connectivity index (χ0v) is 40.0. The first-order valence-electron chi connectivity index (χ1n) is 23.7. The van der Waals surface area contributed by atoms with Crippen molar-refractivity contribution in [2.24, 2.45) is 17.6 Å². The molecule has 6 saturated heterocycles. The Hall–Kier alpha value is -2.10. The maximum Gasteiger partial charge on any atom is 0.217 e. The topological polar surface area (TPSA) is 469 Å². The molecular formula is C42H73N3O27. The van der Waals surface area contributed by atoms with Crippen LogP contribution < -0.4 is 16.4 Å². The SMILES string of the molecule is CC(=O)NC1C(O)OC(CO[C@H]2OC(C)[C@@H](O)C(O)[C@@H]2O)[C@H](O[C@H]2O[C@H](CO)[C@@H](O[C@@H]3OC(CO)[C@H](O[C@H]4O[C@H](CO)[C@@H](O[C@@H]5OC(CO)[C@H](O)[C@H](O)C5N)C(O)C4C)[C@H](O)C3NC(C)=O)C(O)C2C)[C@@H]1O. The summed E-state index contributed by atoms with van der Waals surface area (Å²) < 4.78 is 64.8. The predicted octanol–water partition coefficient (Wildman–Crippen LogP) is -10.3. The molecule has 13 unspecified atom stereocenters. The van der Waals surface area contributed by atoms with Crippen LogP contribution in [0.2, 0.25) is 0 Å². The van der Waals surface area contributed by atoms with Gasteiger partial charge in [-0.1, -0.05) is 13.8 Å². The van der Waals surface area contributed by atoms with E-state index in [-0.39, 0.29) is 0 Å². The summed E-state index contributed by atoms with van der Waals surface area (Å²) >= 11 is 0. The molecule has 0 bridgehead atoms. The van der Waals surface area contributed by atoms with Gasteiger partial charge in [0.25, 0.3) is 0 Å². The molecule has 0 spiro atoms. The van der Waals surface area contributed by atoms with Gasteiger partial charge in [-0.3, -0.25) is 9.59 Å². The summed E-state index contributed by atoms with van der Waals surface area (Å²) in [5.74, 6) is -3.60. The summed E-state index contributed by atoms with van der Waals surface area (Å²) in [6.45, 7) is 2.63. The maximum atomic E-state index is 12.6. The molecule has 0 aliphatic carbocycles. The van der Waals surface area contributed by atoms with E-state index in [9.17, 15) is 81.1 Å². The van der Waals surface area contributed by atoms with E-state index in [0.717, 1.165) is 13.8 Å². The van der Waals surface area contributed by atoms with Crippen molar-refractivity contribution in [2.75, 3.05) is 33.0 Å². The molecule has 30 heteroatoms. The minimum Gasteiger partial charge on any atom is -0.394 e. The highest BCUT2D eigenvalue weighted by molar-refractivity contribution is 5.73. The van der Waals surface area contributed by atoms with Crippen molar-refractivity contribution >= 4 is 11.8 Å². The van der Waals surface area contributed by atoms with E-state index >= 15 is 0 Å². The lowest BCUT2D eigenvalue weighted by atomic mass is 9.90. The number of hydrogen-bond donors (Lipinski definition) is 17. The first-order chi connectivity index (χ1) is 34.0. The lowest BCUT2D eigenvalue weighted by molar-refractivity contribution is -0.374. The molecule has 0 aromatic heterocycles. The Morgan fingerprint density at radius 1 is 0.444 bits per heavy atom. The van der Waals surface area contributed by atoms with Gasteiger partial charge in [-0.2, -0.15) is 0 Å². The number of carbonyl (C=O) groups is 2. The number of nitrogens with one attached hydrogen (secondary N) is 2. The number of hydrogen-bond acceptors (Lipinski definition) is 28. The number of rotatable bonds is 17. The predicted molar refractivity (Wildman–Crippen MR) is 229 cm³/mol. The second kappa shape index (κ2) is 25.4. The quantitative estimate of drug-likeness (QED) is 0.0643. The van der Waals surface area contributed by atoms with Gasteiger partial charge in [0.15, 0.2) is 37.7 Å². The third-order valence-electron chi connectivity index (χ3n) is 13.9. The van der Waals surface area contributed by atoms with Crippen LogP contribution in [-0.4, -0.2) is 288 Å². The number of carbonyl (C=O) groups excluding carboxylic acids is 2. The molecule has 6 rings (SSSR count). The molecule has 72 heavy (non-hydrogen) atoms. The summed E-state index contributed by atoms with van der Waals surface area (Å²) in [7, 11) is 0. The Bertz CT molecular complexity index is 1730. The molecule has 0 aromatic rings. The van der Waals surface area contributed by atoms with Crippen molar-refractivity contribution in [1.82, 2.24) is 10.6 Å². The van der Waals surface area contributed by atoms with Crippen molar-refractivity contribution < 1.29 is 133 Å². The fraction of sp³-hybridized carbons (Fsp3) is 0.952. The Morgan fingerprint density at radius 3 is 1.36 bits per heavy atom. The molecule has 2 amide bonds. The minimum absolute atomic E-state index is 0.608. The van der Waals surface area contributed by atoms with Gasteiger partial charge < -0.3 is 140 Å². The molecule has 6 aliphatic rings. The van der Waals surface area contributed by atoms with Crippen LogP contribution in [0.4, 0.5) is 0 Å². The minimum atomic E-state index is -1.85. The molecular weight excluding hydrogens is 978 g/mol. The monoisotopic (exact) mass is 1050 g/mol. The Kier molecular flexibility index (Phi) is 20.8. The molecule has 6 aliphatic heterocycles. The standard InChI is InChI=1S/C42H73N3O27/c1-11-24(52)33(71-40-21(43)28(56)27(55)16(6-46)65-40)17(7-47)66-38(11)69-35-19(9-49)68-41(23(30(35)58)45-15(5)51)72-34-18(8-48)67-39(12(2)25(34)53)70-36-20(64-37(61)22(29(36)57)44-14(4)50)10-62-42-32(60)31(59)26(54)13(3)63-42/h11-13,16-42,46-49,52-61H,6-10,43H2,1-5H3,(H,44,50)(H,45,51)/t11?,12?,13?,16?,17-,18-,19?,20?,21?,22?,23?,24?,25?,26-,27+,28-,29-,30-,31?,32+,33-,34-,35+,36+,37?,38-,39-,40+,41+,42+/m1/s1. The van der Waals surface area contributed by atoms with Gasteiger partial charge in [-0.25, -0.2) is 0 Å². The Labute approximate surface area is 412 Å². The maximum absolute atomic E-state index is 12.6. The second-order valence-corrected chi connectivity index (χ2v) is 19.1. The largest absolute Gasteiger partial charge is 0.394 e. The van der Waals surface area contributed by atoms with Gasteiger partial charge in [0.05, 0.1) is 57.4 Å². The average molecular weight is 1050 g/mol. The van der Waals surface area contributed by atoms with E-state index in [1.807, 2.05) is 0 Å². The highest BCUT2D eigenvalue weighted by Crippen LogP contribution is 2.38. The second-order valence-electron chi connectivity index (χ2n) is 19.1. The number of aliphatic hydroxyl groups is 14. The van der Waals surface area contributed by atoms with Gasteiger partial charge in [0, 0.05) is 25.7 Å². The van der Waals surface area contributed by atoms with Gasteiger partial charge in [-0.05, 0) is 6.92 Å². The third kappa shape index (κ3) is 12.7. The Balaban J connectivity index is 1.15. The van der Waals surface area contributed by atoms with E-state index in [0.29, 0.717) is 0 Å². The first kappa shape index (κ1) is 59.1. The van der Waals surface area contributed by atoms with Gasteiger partial charge in [0.1, 0.15) is 110 Å². The average Bonchev–Trinajstić information content (AvgIpc) is 3.34. The van der Waals surface area contributed by atoms with E-state index in [1.165, 1.54) is 20.8 Å². The highest BCUT2D eigenvalue weighted by atomic mass is 16.8. The molecule has 30 nitrogen and oxygen atoms in total. The summed E-state index contributed by atoms with van der Waals surface area (Å²) in [4.78, 5) is 24.7. The van der Waals surface area contributed by atoms with E-state index in [4.69, 9.17) is 57.8 Å². The molecule has 6 heterocycles. The lowest BCUT2D eigenvalue weighted by Gasteiger charge is -2.51. The van der Waals surface area contributed by atoms with Gasteiger partial charge in [0.2, 0.25) is 11.8 Å². The molecule has 18 N–H and O–H groups in total. The molecule has 418 valence electrons. The van der Waals surface area contributed by atoms with Crippen LogP contribution in [0, 0.1) is 11.8 Å². The van der Waals surface area contributed by atoms with Crippen LogP contribution in [0.15, 0.2) is 0 Å². The fourth-order valence-electron chi connectivity index (χ4n) is 9.60. The molecule has 0 saturated carbocycles. The number of ether oxygens (including phenoxy) is 11. The van der Waals surface area contributed by atoms with Crippen LogP contribution >= 0.6 is 0 Å². The van der Waals surface area contributed by atoms with Crippen LogP contribution in [0.3, 0.4) is 0 Å². The molecule has 6 fully saturated rings. The lowest BCUT2D eigenvalue weighted by Crippen LogP contribution is -2.69. The van der Waals surface area contributed by atoms with Crippen molar-refractivity contribution in [1.29, 1.82) is 0 Å². The van der Waals surface area contributed by atoms with Gasteiger partial charge >= 0.3 is 0 Å². The number of amides is 2. The first-order valence-corrected chi connectivity index (χ1v) is 23.7. The van der Waals surface area contributed by atoms with Crippen LogP contribution in [0.5, 0.6) is 0 Å². The van der Waals surface area contributed by atoms with Gasteiger partial charge in [-0.15, -0.1) is 0 Å². The van der Waals surface area contributed by atoms with Crippen molar-refractivity contribution in [3.05, 3.63) is 0 Å². The zero-order valence-electron chi connectivity index (χ0n) is 40.0. The van der Waals surface area contributed by atoms with Crippen LogP contribution in [0.1, 0.15) is 34.6 Å². The normalized spacial score (nSPS) is 50.3. The smallest absolute Gasteiger partial charge is 0.217 e. The summed E-state index contributed by atoms with van der Waals surface area (Å²) in [5.41, 5.74) is 6.02. The number of aliphatic hydroxyl groups excluding tert-OH is 14. The summed E-state index contributed by atoms with van der Waals surface area (Å²) in [6.07, 6.45) is -38.7. The molecule has 0 aromatic carbocycles. The van der Waals surface area contributed by atoms with Crippen molar-refractivity contribution in [2.45, 2.75) is 206 Å². The van der Waals surface area contributed by atoms with E-state index < -0.39 is 229 Å². The zero-order chi connectivity index (χ0) is 53.2. The van der Waals surface area contributed by atoms with Crippen molar-refractivity contribution in [3.8, 4) is 0 Å². The fourth-order valence-corrected chi connectivity index (χ4v) is 9.60. The highest BCUT2D eigenvalue weighted by Gasteiger charge is 2.56. The van der Waals surface area contributed by atoms with Crippen molar-refractivity contribution in [3.63, 3.8) is 0 Å². The third-order valence-corrected chi connectivity index (χ3v) is 13.9. The van der Waals surface area contributed by atoms with Crippen LogP contribution in [-0.2, 0) is 61.7 Å². The molecule has 0 radical (unpaired) electrons. The number of nitrogens with two attached hydrogens (primary N) is 1. The van der Waals surface area contributed by atoms with E-state index in [1.54, 1.807) is 0 Å².